The monoisotopic (exact) mass is 301 g/mol. The molecule has 7 heteroatoms. The zero-order chi connectivity index (χ0) is 15.3. The van der Waals surface area contributed by atoms with Crippen molar-refractivity contribution in [3.8, 4) is 0 Å². The van der Waals surface area contributed by atoms with Gasteiger partial charge in [-0.25, -0.2) is 17.9 Å². The van der Waals surface area contributed by atoms with Crippen molar-refractivity contribution < 1.29 is 23.4 Å². The number of benzene rings is 1. The largest absolute Gasteiger partial charge is 0.478 e. The van der Waals surface area contributed by atoms with E-state index < -0.39 is 16.0 Å². The summed E-state index contributed by atoms with van der Waals surface area (Å²) in [6.07, 6.45) is 0.852. The molecule has 0 spiro atoms. The Hall–Kier alpha value is -1.44. The SMILES string of the molecule is CCC(CCO)NS(=O)(=O)c1ccc(C)c(C(=O)O)c1. The molecule has 0 heterocycles. The maximum absolute atomic E-state index is 12.2. The van der Waals surface area contributed by atoms with Crippen LogP contribution in [0.15, 0.2) is 23.1 Å². The molecule has 0 radical (unpaired) electrons. The van der Waals surface area contributed by atoms with E-state index in [1.165, 1.54) is 12.1 Å². The molecular weight excluding hydrogens is 282 g/mol. The Morgan fingerprint density at radius 2 is 2.05 bits per heavy atom. The number of carboxylic acids is 1. The molecule has 6 nitrogen and oxygen atoms in total. The maximum Gasteiger partial charge on any atom is 0.335 e. The average Bonchev–Trinajstić information content (AvgIpc) is 2.37. The van der Waals surface area contributed by atoms with Gasteiger partial charge in [-0.2, -0.15) is 0 Å². The average molecular weight is 301 g/mol. The Morgan fingerprint density at radius 3 is 2.55 bits per heavy atom. The molecule has 1 aromatic carbocycles. The molecule has 1 atom stereocenters. The highest BCUT2D eigenvalue weighted by atomic mass is 32.2. The van der Waals surface area contributed by atoms with Gasteiger partial charge in [0.05, 0.1) is 10.5 Å². The summed E-state index contributed by atoms with van der Waals surface area (Å²) in [6.45, 7) is 3.30. The fraction of sp³-hybridized carbons (Fsp3) is 0.462. The maximum atomic E-state index is 12.2. The number of sulfonamides is 1. The van der Waals surface area contributed by atoms with Crippen molar-refractivity contribution in [2.75, 3.05) is 6.61 Å². The zero-order valence-electron chi connectivity index (χ0n) is 11.5. The molecule has 0 aliphatic heterocycles. The standard InChI is InChI=1S/C13H19NO5S/c1-3-10(6-7-15)14-20(18,19)11-5-4-9(2)12(8-11)13(16)17/h4-5,8,10,14-15H,3,6-7H2,1-2H3,(H,16,17). The topological polar surface area (TPSA) is 104 Å². The van der Waals surface area contributed by atoms with E-state index in [4.69, 9.17) is 10.2 Å². The van der Waals surface area contributed by atoms with Crippen LogP contribution in [0.3, 0.4) is 0 Å². The summed E-state index contributed by atoms with van der Waals surface area (Å²) >= 11 is 0. The first-order chi connectivity index (χ1) is 9.31. The fourth-order valence-electron chi connectivity index (χ4n) is 1.79. The van der Waals surface area contributed by atoms with Crippen LogP contribution in [-0.4, -0.2) is 37.2 Å². The van der Waals surface area contributed by atoms with Gasteiger partial charge in [0, 0.05) is 12.6 Å². The number of aryl methyl sites for hydroxylation is 1. The van der Waals surface area contributed by atoms with E-state index in [-0.39, 0.29) is 23.1 Å². The van der Waals surface area contributed by atoms with Crippen molar-refractivity contribution in [2.24, 2.45) is 0 Å². The molecule has 3 N–H and O–H groups in total. The van der Waals surface area contributed by atoms with E-state index >= 15 is 0 Å². The number of nitrogens with one attached hydrogen (secondary N) is 1. The first-order valence-corrected chi connectivity index (χ1v) is 7.77. The van der Waals surface area contributed by atoms with Crippen LogP contribution >= 0.6 is 0 Å². The van der Waals surface area contributed by atoms with Crippen molar-refractivity contribution >= 4 is 16.0 Å². The highest BCUT2D eigenvalue weighted by Crippen LogP contribution is 2.16. The van der Waals surface area contributed by atoms with Crippen molar-refractivity contribution in [3.63, 3.8) is 0 Å². The van der Waals surface area contributed by atoms with E-state index in [0.29, 0.717) is 18.4 Å². The Bertz CT molecular complexity index is 582. The minimum atomic E-state index is -3.79. The number of carbonyl (C=O) groups is 1. The summed E-state index contributed by atoms with van der Waals surface area (Å²) < 4.78 is 26.8. The highest BCUT2D eigenvalue weighted by Gasteiger charge is 2.20. The number of hydrogen-bond donors (Lipinski definition) is 3. The van der Waals surface area contributed by atoms with Crippen molar-refractivity contribution in [3.05, 3.63) is 29.3 Å². The number of aliphatic hydroxyl groups excluding tert-OH is 1. The van der Waals surface area contributed by atoms with Gasteiger partial charge >= 0.3 is 5.97 Å². The van der Waals surface area contributed by atoms with Crippen molar-refractivity contribution in [1.29, 1.82) is 0 Å². The molecule has 0 bridgehead atoms. The molecular formula is C13H19NO5S. The molecule has 0 fully saturated rings. The van der Waals surface area contributed by atoms with Gasteiger partial charge in [-0.05, 0) is 37.5 Å². The van der Waals surface area contributed by atoms with E-state index in [0.717, 1.165) is 6.07 Å². The molecule has 0 aliphatic carbocycles. The predicted octanol–water partition coefficient (Wildman–Crippen LogP) is 1.13. The zero-order valence-corrected chi connectivity index (χ0v) is 12.3. The second-order valence-corrected chi connectivity index (χ2v) is 6.23. The molecule has 20 heavy (non-hydrogen) atoms. The Balaban J connectivity index is 3.09. The van der Waals surface area contributed by atoms with Gasteiger partial charge in [0.2, 0.25) is 10.0 Å². The Kier molecular flexibility index (Phi) is 5.67. The number of aromatic carboxylic acids is 1. The number of aliphatic hydroxyl groups is 1. The van der Waals surface area contributed by atoms with Crippen LogP contribution in [0.2, 0.25) is 0 Å². The summed E-state index contributed by atoms with van der Waals surface area (Å²) in [5, 5.41) is 17.9. The van der Waals surface area contributed by atoms with Crippen LogP contribution in [0, 0.1) is 6.92 Å². The number of rotatable bonds is 7. The highest BCUT2D eigenvalue weighted by molar-refractivity contribution is 7.89. The molecule has 0 saturated carbocycles. The van der Waals surface area contributed by atoms with Gasteiger partial charge in [-0.1, -0.05) is 13.0 Å². The molecule has 0 saturated heterocycles. The third-order valence-corrected chi connectivity index (χ3v) is 4.56. The van der Waals surface area contributed by atoms with Crippen LogP contribution in [-0.2, 0) is 10.0 Å². The van der Waals surface area contributed by atoms with Crippen molar-refractivity contribution in [1.82, 2.24) is 4.72 Å². The molecule has 0 aliphatic rings. The van der Waals surface area contributed by atoms with E-state index in [1.807, 2.05) is 0 Å². The van der Waals surface area contributed by atoms with E-state index in [1.54, 1.807) is 13.8 Å². The molecule has 1 rings (SSSR count). The fourth-order valence-corrected chi connectivity index (χ4v) is 3.17. The quantitative estimate of drug-likeness (QED) is 0.700. The summed E-state index contributed by atoms with van der Waals surface area (Å²) in [4.78, 5) is 10.9. The number of carboxylic acid groups (broad SMARTS) is 1. The molecule has 0 amide bonds. The summed E-state index contributed by atoms with van der Waals surface area (Å²) in [7, 11) is -3.79. The first-order valence-electron chi connectivity index (χ1n) is 6.29. The Morgan fingerprint density at radius 1 is 1.40 bits per heavy atom. The van der Waals surface area contributed by atoms with Crippen molar-refractivity contribution in [2.45, 2.75) is 37.6 Å². The summed E-state index contributed by atoms with van der Waals surface area (Å²) in [5.41, 5.74) is 0.460. The Labute approximate surface area is 118 Å². The summed E-state index contributed by atoms with van der Waals surface area (Å²) in [5.74, 6) is -1.16. The van der Waals surface area contributed by atoms with Gasteiger partial charge < -0.3 is 10.2 Å². The lowest BCUT2D eigenvalue weighted by Gasteiger charge is -2.16. The molecule has 0 aromatic heterocycles. The lowest BCUT2D eigenvalue weighted by atomic mass is 10.1. The molecule has 1 aromatic rings. The van der Waals surface area contributed by atoms with Crippen LogP contribution < -0.4 is 4.72 Å². The summed E-state index contributed by atoms with van der Waals surface area (Å²) in [6, 6.07) is 3.60. The first kappa shape index (κ1) is 16.6. The smallest absolute Gasteiger partial charge is 0.335 e. The van der Waals surface area contributed by atoms with E-state index in [2.05, 4.69) is 4.72 Å². The van der Waals surface area contributed by atoms with Gasteiger partial charge in [0.25, 0.3) is 0 Å². The van der Waals surface area contributed by atoms with Crippen LogP contribution in [0.4, 0.5) is 0 Å². The predicted molar refractivity (Wildman–Crippen MR) is 74.2 cm³/mol. The molecule has 1 unspecified atom stereocenters. The minimum Gasteiger partial charge on any atom is -0.478 e. The lowest BCUT2D eigenvalue weighted by molar-refractivity contribution is 0.0696. The van der Waals surface area contributed by atoms with Gasteiger partial charge in [-0.15, -0.1) is 0 Å². The molecule has 112 valence electrons. The second-order valence-electron chi connectivity index (χ2n) is 4.52. The lowest BCUT2D eigenvalue weighted by Crippen LogP contribution is -2.35. The van der Waals surface area contributed by atoms with Gasteiger partial charge in [0.15, 0.2) is 0 Å². The van der Waals surface area contributed by atoms with Crippen LogP contribution in [0.25, 0.3) is 0 Å². The normalized spacial score (nSPS) is 13.2. The third-order valence-electron chi connectivity index (χ3n) is 3.04. The number of hydrogen-bond acceptors (Lipinski definition) is 4. The van der Waals surface area contributed by atoms with Crippen LogP contribution in [0.1, 0.15) is 35.7 Å². The minimum absolute atomic E-state index is 0.0388. The van der Waals surface area contributed by atoms with Gasteiger partial charge in [-0.3, -0.25) is 0 Å². The van der Waals surface area contributed by atoms with Gasteiger partial charge in [0.1, 0.15) is 0 Å². The third kappa shape index (κ3) is 4.03. The second kappa shape index (κ2) is 6.83. The van der Waals surface area contributed by atoms with Crippen LogP contribution in [0.5, 0.6) is 0 Å². The van der Waals surface area contributed by atoms with E-state index in [9.17, 15) is 13.2 Å².